The number of hydrogen-bond donors (Lipinski definition) is 0. The van der Waals surface area contributed by atoms with Crippen LogP contribution in [0.5, 0.6) is 0 Å². The van der Waals surface area contributed by atoms with Gasteiger partial charge in [0, 0.05) is 18.2 Å². The largest absolute Gasteiger partial charge is 0.381 e. The lowest BCUT2D eigenvalue weighted by Crippen LogP contribution is -2.02. The summed E-state index contributed by atoms with van der Waals surface area (Å²) in [5.41, 5.74) is 0. The molecule has 0 aromatic rings. The third-order valence-corrected chi connectivity index (χ3v) is 2.93. The Hall–Kier alpha value is 0.600. The third kappa shape index (κ3) is 12.6. The van der Waals surface area contributed by atoms with Gasteiger partial charge in [0.15, 0.2) is 0 Å². The smallest absolute Gasteiger partial charge is 0.0556 e. The van der Waals surface area contributed by atoms with E-state index in [9.17, 15) is 0 Å². The molecule has 1 nitrogen and oxygen atoms in total. The molecule has 0 aliphatic heterocycles. The van der Waals surface area contributed by atoms with Gasteiger partial charge >= 0.3 is 0 Å². The zero-order valence-electron chi connectivity index (χ0n) is 8.72. The van der Waals surface area contributed by atoms with Crippen LogP contribution in [0.1, 0.15) is 26.7 Å². The van der Waals surface area contributed by atoms with Crippen LogP contribution in [0.3, 0.4) is 0 Å². The molecule has 0 heterocycles. The molecule has 0 atom stereocenters. The quantitative estimate of drug-likeness (QED) is 0.439. The molecule has 0 radical (unpaired) electrons. The van der Waals surface area contributed by atoms with Crippen molar-refractivity contribution < 1.29 is 4.74 Å². The second-order valence-corrected chi connectivity index (χ2v) is 5.05. The molecule has 0 rings (SSSR count). The Balaban J connectivity index is 2.84. The highest BCUT2D eigenvalue weighted by Crippen LogP contribution is 2.04. The van der Waals surface area contributed by atoms with Gasteiger partial charge in [-0.1, -0.05) is 13.8 Å². The van der Waals surface area contributed by atoms with Crippen LogP contribution >= 0.6 is 23.4 Å². The van der Waals surface area contributed by atoms with Gasteiger partial charge in [0.2, 0.25) is 0 Å². The third-order valence-electron chi connectivity index (χ3n) is 1.63. The van der Waals surface area contributed by atoms with Crippen LogP contribution < -0.4 is 0 Å². The maximum Gasteiger partial charge on any atom is 0.0556 e. The van der Waals surface area contributed by atoms with Gasteiger partial charge in [0.1, 0.15) is 0 Å². The summed E-state index contributed by atoms with van der Waals surface area (Å²) in [4.78, 5) is 0. The Labute approximate surface area is 91.6 Å². The maximum absolute atomic E-state index is 5.55. The molecule has 0 N–H and O–H groups in total. The van der Waals surface area contributed by atoms with Crippen LogP contribution in [-0.2, 0) is 4.74 Å². The molecule has 0 fully saturated rings. The summed E-state index contributed by atoms with van der Waals surface area (Å²) in [6.45, 7) is 6.24. The predicted octanol–water partition coefficient (Wildman–Crippen LogP) is 3.41. The lowest BCUT2D eigenvalue weighted by molar-refractivity contribution is 0.138. The number of thioether (sulfide) groups is 1. The molecule has 0 spiro atoms. The zero-order valence-corrected chi connectivity index (χ0v) is 10.3. The predicted molar refractivity (Wildman–Crippen MR) is 62.9 cm³/mol. The molecular formula is C10H21ClOS. The molecule has 0 aromatic carbocycles. The Morgan fingerprint density at radius 3 is 2.62 bits per heavy atom. The SMILES string of the molecule is CC(C)CCOCCSCCCCl. The molecule has 80 valence electrons. The van der Waals surface area contributed by atoms with Crippen LogP contribution in [0.4, 0.5) is 0 Å². The van der Waals surface area contributed by atoms with Crippen LogP contribution in [0.2, 0.25) is 0 Å². The first-order chi connectivity index (χ1) is 6.27. The molecule has 13 heavy (non-hydrogen) atoms. The molecule has 0 saturated carbocycles. The fourth-order valence-corrected chi connectivity index (χ4v) is 1.88. The fourth-order valence-electron chi connectivity index (χ4n) is 0.798. The Morgan fingerprint density at radius 1 is 1.23 bits per heavy atom. The van der Waals surface area contributed by atoms with Gasteiger partial charge in [-0.15, -0.1) is 11.6 Å². The van der Waals surface area contributed by atoms with Crippen molar-refractivity contribution in [1.82, 2.24) is 0 Å². The lowest BCUT2D eigenvalue weighted by atomic mass is 10.1. The second-order valence-electron chi connectivity index (χ2n) is 3.45. The van der Waals surface area contributed by atoms with Crippen LogP contribution in [-0.4, -0.2) is 30.6 Å². The fraction of sp³-hybridized carbons (Fsp3) is 1.00. The first kappa shape index (κ1) is 13.6. The molecule has 0 bridgehead atoms. The first-order valence-electron chi connectivity index (χ1n) is 4.98. The van der Waals surface area contributed by atoms with E-state index < -0.39 is 0 Å². The van der Waals surface area contributed by atoms with Crippen molar-refractivity contribution in [3.63, 3.8) is 0 Å². The van der Waals surface area contributed by atoms with Gasteiger partial charge in [-0.2, -0.15) is 11.8 Å². The topological polar surface area (TPSA) is 9.23 Å². The minimum Gasteiger partial charge on any atom is -0.381 e. The van der Waals surface area contributed by atoms with E-state index in [1.165, 1.54) is 6.42 Å². The summed E-state index contributed by atoms with van der Waals surface area (Å²) in [6, 6.07) is 0. The molecule has 0 saturated heterocycles. The summed E-state index contributed by atoms with van der Waals surface area (Å²) in [5.74, 6) is 3.80. The standard InChI is InChI=1S/C10H21ClOS/c1-10(2)4-6-12-7-9-13-8-3-5-11/h10H,3-9H2,1-2H3. The highest BCUT2D eigenvalue weighted by Gasteiger charge is 1.94. The normalized spacial score (nSPS) is 11.1. The number of halogens is 1. The minimum atomic E-state index is 0.754. The lowest BCUT2D eigenvalue weighted by Gasteiger charge is -2.05. The van der Waals surface area contributed by atoms with Crippen LogP contribution in [0, 0.1) is 5.92 Å². The Morgan fingerprint density at radius 2 is 2.00 bits per heavy atom. The van der Waals surface area contributed by atoms with Crippen molar-refractivity contribution >= 4 is 23.4 Å². The van der Waals surface area contributed by atoms with Gasteiger partial charge in [-0.25, -0.2) is 0 Å². The average molecular weight is 225 g/mol. The van der Waals surface area contributed by atoms with Gasteiger partial charge in [0.05, 0.1) is 6.61 Å². The van der Waals surface area contributed by atoms with Crippen molar-refractivity contribution in [1.29, 1.82) is 0 Å². The van der Waals surface area contributed by atoms with E-state index in [1.54, 1.807) is 0 Å². The highest BCUT2D eigenvalue weighted by molar-refractivity contribution is 7.99. The van der Waals surface area contributed by atoms with Crippen LogP contribution in [0.15, 0.2) is 0 Å². The summed E-state index contributed by atoms with van der Waals surface area (Å²) < 4.78 is 5.47. The van der Waals surface area contributed by atoms with E-state index in [0.29, 0.717) is 0 Å². The summed E-state index contributed by atoms with van der Waals surface area (Å²) in [6.07, 6.45) is 2.28. The zero-order chi connectivity index (χ0) is 9.94. The van der Waals surface area contributed by atoms with Crippen molar-refractivity contribution in [2.45, 2.75) is 26.7 Å². The van der Waals surface area contributed by atoms with Gasteiger partial charge in [0.25, 0.3) is 0 Å². The first-order valence-corrected chi connectivity index (χ1v) is 6.67. The Bertz CT molecular complexity index is 98.9. The molecule has 0 amide bonds. The van der Waals surface area contributed by atoms with Gasteiger partial charge in [-0.3, -0.25) is 0 Å². The number of alkyl halides is 1. The van der Waals surface area contributed by atoms with E-state index in [2.05, 4.69) is 13.8 Å². The molecule has 0 aliphatic rings. The van der Waals surface area contributed by atoms with Crippen molar-refractivity contribution in [2.75, 3.05) is 30.6 Å². The maximum atomic E-state index is 5.55. The van der Waals surface area contributed by atoms with Gasteiger partial charge < -0.3 is 4.74 Å². The molecular weight excluding hydrogens is 204 g/mol. The van der Waals surface area contributed by atoms with Crippen LogP contribution in [0.25, 0.3) is 0 Å². The molecule has 0 aromatic heterocycles. The van der Waals surface area contributed by atoms with Crippen molar-refractivity contribution in [3.8, 4) is 0 Å². The molecule has 3 heteroatoms. The number of rotatable bonds is 9. The van der Waals surface area contributed by atoms with E-state index in [4.69, 9.17) is 16.3 Å². The van der Waals surface area contributed by atoms with Gasteiger partial charge in [-0.05, 0) is 24.5 Å². The summed E-state index contributed by atoms with van der Waals surface area (Å²) in [5, 5.41) is 0. The summed E-state index contributed by atoms with van der Waals surface area (Å²) in [7, 11) is 0. The Kier molecular flexibility index (Phi) is 11.2. The van der Waals surface area contributed by atoms with E-state index in [1.807, 2.05) is 11.8 Å². The number of hydrogen-bond acceptors (Lipinski definition) is 2. The highest BCUT2D eigenvalue weighted by atomic mass is 35.5. The minimum absolute atomic E-state index is 0.754. The monoisotopic (exact) mass is 224 g/mol. The molecule has 0 aliphatic carbocycles. The van der Waals surface area contributed by atoms with E-state index >= 15 is 0 Å². The summed E-state index contributed by atoms with van der Waals surface area (Å²) >= 11 is 7.48. The number of ether oxygens (including phenoxy) is 1. The van der Waals surface area contributed by atoms with E-state index in [0.717, 1.165) is 42.9 Å². The van der Waals surface area contributed by atoms with Crippen molar-refractivity contribution in [2.24, 2.45) is 5.92 Å². The average Bonchev–Trinajstić information content (AvgIpc) is 2.09. The van der Waals surface area contributed by atoms with Crippen molar-refractivity contribution in [3.05, 3.63) is 0 Å². The second kappa shape index (κ2) is 10.7. The molecule has 0 unspecified atom stereocenters. The van der Waals surface area contributed by atoms with E-state index in [-0.39, 0.29) is 0 Å².